The second-order valence-corrected chi connectivity index (χ2v) is 9.15. The smallest absolute Gasteiger partial charge is 0.221 e. The Hall–Kier alpha value is -1.24. The summed E-state index contributed by atoms with van der Waals surface area (Å²) in [6.07, 6.45) is 7.53. The third-order valence-electron chi connectivity index (χ3n) is 6.38. The summed E-state index contributed by atoms with van der Waals surface area (Å²) in [6, 6.07) is 0. The van der Waals surface area contributed by atoms with E-state index in [-0.39, 0.29) is 35.6 Å². The molecule has 168 valence electrons. The molecule has 4 atom stereocenters. The molecule has 0 aromatic heterocycles. The van der Waals surface area contributed by atoms with Gasteiger partial charge in [-0.3, -0.25) is 9.59 Å². The third kappa shape index (κ3) is 8.19. The van der Waals surface area contributed by atoms with E-state index in [9.17, 15) is 24.9 Å². The Morgan fingerprint density at radius 3 is 2.55 bits per heavy atom. The van der Waals surface area contributed by atoms with Crippen molar-refractivity contribution in [1.29, 1.82) is 0 Å². The van der Waals surface area contributed by atoms with Crippen LogP contribution in [0.5, 0.6) is 0 Å². The molecule has 1 fully saturated rings. The second-order valence-electron chi connectivity index (χ2n) is 9.15. The molecule has 4 N–H and O–H groups in total. The Kier molecular flexibility index (Phi) is 11.1. The van der Waals surface area contributed by atoms with Crippen LogP contribution < -0.4 is 0 Å². The number of carbonyl (C=O) groups excluding carboxylic acids is 2. The predicted octanol–water partition coefficient (Wildman–Crippen LogP) is 3.47. The Morgan fingerprint density at radius 2 is 1.93 bits per heavy atom. The normalized spacial score (nSPS) is 24.1. The van der Waals surface area contributed by atoms with E-state index in [2.05, 4.69) is 20.8 Å². The first kappa shape index (κ1) is 25.8. The van der Waals surface area contributed by atoms with Crippen molar-refractivity contribution in [2.75, 3.05) is 6.61 Å². The number of Topliss-reactive ketones (excluding diaryl/α,β-unsaturated/α-hetero) is 2. The summed E-state index contributed by atoms with van der Waals surface area (Å²) < 4.78 is 0. The van der Waals surface area contributed by atoms with Crippen molar-refractivity contribution in [1.82, 2.24) is 0 Å². The van der Waals surface area contributed by atoms with E-state index in [4.69, 9.17) is 5.11 Å². The van der Waals surface area contributed by atoms with Crippen molar-refractivity contribution in [3.8, 4) is 0 Å². The van der Waals surface area contributed by atoms with Crippen molar-refractivity contribution >= 4 is 11.6 Å². The number of ketones is 2. The van der Waals surface area contributed by atoms with Crippen molar-refractivity contribution in [3.63, 3.8) is 0 Å². The van der Waals surface area contributed by atoms with Gasteiger partial charge in [0.2, 0.25) is 5.78 Å². The number of hydrogen-bond donors (Lipinski definition) is 4. The second kappa shape index (κ2) is 12.5. The molecule has 0 aromatic rings. The SMILES string of the molecule is CCCC(C)(C)C(O)CCC[C@H]1[C@H](O)CC(=O)[C@@H]1CCCCC=C(O)C(=O)CO. The summed E-state index contributed by atoms with van der Waals surface area (Å²) in [7, 11) is 0. The van der Waals surface area contributed by atoms with Gasteiger partial charge in [-0.2, -0.15) is 0 Å². The lowest BCUT2D eigenvalue weighted by Gasteiger charge is -2.31. The fraction of sp³-hybridized carbons (Fsp3) is 0.826. The van der Waals surface area contributed by atoms with Crippen LogP contribution in [-0.2, 0) is 9.59 Å². The monoisotopic (exact) mass is 412 g/mol. The lowest BCUT2D eigenvalue weighted by Crippen LogP contribution is -2.29. The largest absolute Gasteiger partial charge is 0.505 e. The molecule has 6 heteroatoms. The van der Waals surface area contributed by atoms with Gasteiger partial charge in [0.1, 0.15) is 12.4 Å². The number of aliphatic hydroxyl groups is 4. The molecular weight excluding hydrogens is 372 g/mol. The summed E-state index contributed by atoms with van der Waals surface area (Å²) in [5.41, 5.74) is -0.116. The Bertz CT molecular complexity index is 554. The molecule has 0 bridgehead atoms. The van der Waals surface area contributed by atoms with E-state index in [0.29, 0.717) is 19.3 Å². The van der Waals surface area contributed by atoms with Crippen LogP contribution in [0, 0.1) is 17.3 Å². The maximum atomic E-state index is 12.3. The van der Waals surface area contributed by atoms with Crippen molar-refractivity contribution < 1.29 is 30.0 Å². The van der Waals surface area contributed by atoms with Gasteiger partial charge in [-0.25, -0.2) is 0 Å². The van der Waals surface area contributed by atoms with Gasteiger partial charge in [0.25, 0.3) is 0 Å². The Morgan fingerprint density at radius 1 is 1.24 bits per heavy atom. The lowest BCUT2D eigenvalue weighted by molar-refractivity contribution is -0.121. The fourth-order valence-electron chi connectivity index (χ4n) is 4.48. The molecule has 0 aromatic carbocycles. The number of carbonyl (C=O) groups is 2. The molecule has 1 aliphatic carbocycles. The van der Waals surface area contributed by atoms with E-state index < -0.39 is 24.3 Å². The van der Waals surface area contributed by atoms with Gasteiger partial charge in [-0.1, -0.05) is 40.0 Å². The van der Waals surface area contributed by atoms with Gasteiger partial charge in [0.15, 0.2) is 5.76 Å². The molecule has 0 spiro atoms. The number of hydrogen-bond acceptors (Lipinski definition) is 6. The van der Waals surface area contributed by atoms with Gasteiger partial charge >= 0.3 is 0 Å². The maximum Gasteiger partial charge on any atom is 0.221 e. The van der Waals surface area contributed by atoms with Gasteiger partial charge in [0, 0.05) is 12.3 Å². The van der Waals surface area contributed by atoms with Crippen LogP contribution in [0.1, 0.15) is 85.0 Å². The minimum Gasteiger partial charge on any atom is -0.505 e. The van der Waals surface area contributed by atoms with Gasteiger partial charge in [-0.05, 0) is 55.9 Å². The zero-order chi connectivity index (χ0) is 22.0. The molecule has 6 nitrogen and oxygen atoms in total. The number of aliphatic hydroxyl groups excluding tert-OH is 4. The van der Waals surface area contributed by atoms with Crippen LogP contribution in [0.2, 0.25) is 0 Å². The molecule has 1 aliphatic rings. The molecule has 0 amide bonds. The van der Waals surface area contributed by atoms with Crippen molar-refractivity contribution in [3.05, 3.63) is 11.8 Å². The topological polar surface area (TPSA) is 115 Å². The Balaban J connectivity index is 2.45. The highest BCUT2D eigenvalue weighted by molar-refractivity contribution is 5.93. The fourth-order valence-corrected chi connectivity index (χ4v) is 4.48. The van der Waals surface area contributed by atoms with Crippen LogP contribution in [0.15, 0.2) is 11.8 Å². The van der Waals surface area contributed by atoms with Crippen molar-refractivity contribution in [2.24, 2.45) is 17.3 Å². The lowest BCUT2D eigenvalue weighted by atomic mass is 9.79. The number of allylic oxidation sites excluding steroid dienone is 1. The Labute approximate surface area is 175 Å². The molecule has 0 radical (unpaired) electrons. The zero-order valence-electron chi connectivity index (χ0n) is 18.3. The minimum absolute atomic E-state index is 0.0519. The van der Waals surface area contributed by atoms with Crippen LogP contribution in [-0.4, -0.2) is 50.8 Å². The molecule has 1 saturated carbocycles. The van der Waals surface area contributed by atoms with E-state index in [0.717, 1.165) is 38.5 Å². The van der Waals surface area contributed by atoms with E-state index in [1.54, 1.807) is 0 Å². The molecule has 0 aliphatic heterocycles. The number of unbranched alkanes of at least 4 members (excludes halogenated alkanes) is 2. The summed E-state index contributed by atoms with van der Waals surface area (Å²) in [6.45, 7) is 5.57. The molecule has 1 unspecified atom stereocenters. The predicted molar refractivity (Wildman–Crippen MR) is 112 cm³/mol. The average molecular weight is 413 g/mol. The van der Waals surface area contributed by atoms with Crippen LogP contribution >= 0.6 is 0 Å². The molecule has 0 saturated heterocycles. The summed E-state index contributed by atoms with van der Waals surface area (Å²) in [5.74, 6) is -1.19. The van der Waals surface area contributed by atoms with Crippen LogP contribution in [0.3, 0.4) is 0 Å². The van der Waals surface area contributed by atoms with E-state index >= 15 is 0 Å². The highest BCUT2D eigenvalue weighted by Crippen LogP contribution is 2.37. The minimum atomic E-state index is -0.706. The molecule has 1 rings (SSSR count). The van der Waals surface area contributed by atoms with E-state index in [1.807, 2.05) is 0 Å². The van der Waals surface area contributed by atoms with Gasteiger partial charge in [0.05, 0.1) is 12.2 Å². The number of rotatable bonds is 14. The average Bonchev–Trinajstić information content (AvgIpc) is 2.93. The van der Waals surface area contributed by atoms with Crippen LogP contribution in [0.4, 0.5) is 0 Å². The first-order chi connectivity index (χ1) is 13.6. The molecule has 0 heterocycles. The quantitative estimate of drug-likeness (QED) is 0.197. The third-order valence-corrected chi connectivity index (χ3v) is 6.38. The standard InChI is InChI=1S/C23H40O6/c1-4-13-23(2,3)22(29)12-8-10-17-16(19(26)14-20(17)27)9-6-5-7-11-18(25)21(28)15-24/h11,16-17,20,22,24-25,27,29H,4-10,12-15H2,1-3H3/t16-,17-,20-,22?/m1/s1. The van der Waals surface area contributed by atoms with Crippen LogP contribution in [0.25, 0.3) is 0 Å². The first-order valence-electron chi connectivity index (χ1n) is 11.1. The zero-order valence-corrected chi connectivity index (χ0v) is 18.3. The van der Waals surface area contributed by atoms with Gasteiger partial charge in [-0.15, -0.1) is 0 Å². The van der Waals surface area contributed by atoms with Crippen molar-refractivity contribution in [2.45, 2.75) is 97.2 Å². The summed E-state index contributed by atoms with van der Waals surface area (Å²) >= 11 is 0. The highest BCUT2D eigenvalue weighted by atomic mass is 16.3. The summed E-state index contributed by atoms with van der Waals surface area (Å²) in [5, 5.41) is 38.9. The summed E-state index contributed by atoms with van der Waals surface area (Å²) in [4.78, 5) is 23.4. The highest BCUT2D eigenvalue weighted by Gasteiger charge is 2.40. The van der Waals surface area contributed by atoms with E-state index in [1.165, 1.54) is 6.08 Å². The molecule has 29 heavy (non-hydrogen) atoms. The maximum absolute atomic E-state index is 12.3. The molecular formula is C23H40O6. The first-order valence-corrected chi connectivity index (χ1v) is 11.1. The van der Waals surface area contributed by atoms with Gasteiger partial charge < -0.3 is 20.4 Å².